The summed E-state index contributed by atoms with van der Waals surface area (Å²) in [6.45, 7) is 2.73. The normalized spacial score (nSPS) is 21.0. The lowest BCUT2D eigenvalue weighted by Crippen LogP contribution is -2.54. The molecule has 0 spiro atoms. The zero-order valence-electron chi connectivity index (χ0n) is 15.2. The average molecular weight is 361 g/mol. The van der Waals surface area contributed by atoms with Crippen LogP contribution in [0.3, 0.4) is 0 Å². The van der Waals surface area contributed by atoms with Gasteiger partial charge in [-0.25, -0.2) is 4.79 Å². The maximum atomic E-state index is 12.3. The average Bonchev–Trinajstić information content (AvgIpc) is 2.69. The van der Waals surface area contributed by atoms with Crippen molar-refractivity contribution in [3.05, 3.63) is 24.3 Å². The van der Waals surface area contributed by atoms with Gasteiger partial charge in [-0.15, -0.1) is 0 Å². The van der Waals surface area contributed by atoms with Crippen LogP contribution >= 0.6 is 0 Å². The van der Waals surface area contributed by atoms with Crippen molar-refractivity contribution >= 4 is 11.9 Å². The molecule has 26 heavy (non-hydrogen) atoms. The molecule has 3 rings (SSSR count). The predicted octanol–water partition coefficient (Wildman–Crippen LogP) is 1.77. The molecule has 0 unspecified atom stereocenters. The number of carbonyl (C=O) groups is 2. The molecule has 7 heteroatoms. The van der Waals surface area contributed by atoms with E-state index in [9.17, 15) is 9.59 Å². The highest BCUT2D eigenvalue weighted by molar-refractivity contribution is 5.87. The SMILES string of the molecule is COc1ccc(OCC2CCN(C(=O)N[C@@H]3CCCNC3=O)CC2)cc1. The molecule has 2 aliphatic heterocycles. The van der Waals surface area contributed by atoms with Crippen molar-refractivity contribution in [2.75, 3.05) is 33.4 Å². The van der Waals surface area contributed by atoms with Crippen LogP contribution in [0.4, 0.5) is 4.79 Å². The number of nitrogens with zero attached hydrogens (tertiary/aromatic N) is 1. The van der Waals surface area contributed by atoms with E-state index < -0.39 is 6.04 Å². The van der Waals surface area contributed by atoms with E-state index in [1.54, 1.807) is 12.0 Å². The number of amides is 3. The van der Waals surface area contributed by atoms with Gasteiger partial charge >= 0.3 is 6.03 Å². The van der Waals surface area contributed by atoms with Crippen molar-refractivity contribution in [1.82, 2.24) is 15.5 Å². The zero-order valence-corrected chi connectivity index (χ0v) is 15.2. The van der Waals surface area contributed by atoms with E-state index in [2.05, 4.69) is 10.6 Å². The first-order valence-electron chi connectivity index (χ1n) is 9.25. The van der Waals surface area contributed by atoms with E-state index in [-0.39, 0.29) is 11.9 Å². The maximum Gasteiger partial charge on any atom is 0.318 e. The van der Waals surface area contributed by atoms with Crippen LogP contribution in [-0.2, 0) is 4.79 Å². The Balaban J connectivity index is 1.39. The number of rotatable bonds is 5. The van der Waals surface area contributed by atoms with E-state index in [0.29, 0.717) is 38.6 Å². The molecule has 2 aliphatic rings. The van der Waals surface area contributed by atoms with Gasteiger partial charge < -0.3 is 25.0 Å². The molecule has 2 N–H and O–H groups in total. The van der Waals surface area contributed by atoms with Gasteiger partial charge in [-0.3, -0.25) is 4.79 Å². The second-order valence-corrected chi connectivity index (χ2v) is 6.85. The van der Waals surface area contributed by atoms with E-state index in [4.69, 9.17) is 9.47 Å². The largest absolute Gasteiger partial charge is 0.497 e. The molecule has 2 heterocycles. The first-order chi connectivity index (χ1) is 12.7. The summed E-state index contributed by atoms with van der Waals surface area (Å²) in [6.07, 6.45) is 3.42. The molecule has 0 radical (unpaired) electrons. The third kappa shape index (κ3) is 4.80. The van der Waals surface area contributed by atoms with Crippen LogP contribution in [0.5, 0.6) is 11.5 Å². The van der Waals surface area contributed by atoms with Crippen LogP contribution in [0.15, 0.2) is 24.3 Å². The summed E-state index contributed by atoms with van der Waals surface area (Å²) in [5, 5.41) is 5.64. The van der Waals surface area contributed by atoms with Gasteiger partial charge in [0.15, 0.2) is 0 Å². The monoisotopic (exact) mass is 361 g/mol. The first-order valence-corrected chi connectivity index (χ1v) is 9.25. The van der Waals surface area contributed by atoms with Gasteiger partial charge in [0, 0.05) is 19.6 Å². The van der Waals surface area contributed by atoms with Crippen molar-refractivity contribution in [2.45, 2.75) is 31.7 Å². The quantitative estimate of drug-likeness (QED) is 0.838. The summed E-state index contributed by atoms with van der Waals surface area (Å²) in [5.74, 6) is 1.99. The van der Waals surface area contributed by atoms with Crippen molar-refractivity contribution in [3.63, 3.8) is 0 Å². The summed E-state index contributed by atoms with van der Waals surface area (Å²) < 4.78 is 11.0. The highest BCUT2D eigenvalue weighted by Crippen LogP contribution is 2.21. The lowest BCUT2D eigenvalue weighted by Gasteiger charge is -2.33. The number of benzene rings is 1. The van der Waals surface area contributed by atoms with E-state index >= 15 is 0 Å². The Labute approximate surface area is 154 Å². The van der Waals surface area contributed by atoms with Crippen LogP contribution in [0.25, 0.3) is 0 Å². The number of piperidine rings is 2. The Kier molecular flexibility index (Phi) is 6.20. The molecule has 1 aromatic rings. The van der Waals surface area contributed by atoms with Gasteiger partial charge in [-0.05, 0) is 55.9 Å². The highest BCUT2D eigenvalue weighted by Gasteiger charge is 2.28. The molecule has 142 valence electrons. The van der Waals surface area contributed by atoms with Crippen molar-refractivity contribution in [3.8, 4) is 11.5 Å². The van der Waals surface area contributed by atoms with Crippen molar-refractivity contribution < 1.29 is 19.1 Å². The predicted molar refractivity (Wildman–Crippen MR) is 97.3 cm³/mol. The number of carbonyl (C=O) groups excluding carboxylic acids is 2. The Hall–Kier alpha value is -2.44. The summed E-state index contributed by atoms with van der Waals surface area (Å²) in [6, 6.07) is 7.02. The molecule has 0 bridgehead atoms. The van der Waals surface area contributed by atoms with Gasteiger partial charge in [0.1, 0.15) is 17.5 Å². The number of methoxy groups -OCH3 is 1. The zero-order chi connectivity index (χ0) is 18.4. The molecule has 1 atom stereocenters. The Morgan fingerprint density at radius 1 is 1.19 bits per heavy atom. The standard InChI is InChI=1S/C19H27N3O4/c1-25-15-4-6-16(7-5-15)26-13-14-8-11-22(12-9-14)19(24)21-17-3-2-10-20-18(17)23/h4-7,14,17H,2-3,8-13H2,1H3,(H,20,23)(H,21,24)/t17-/m1/s1. The van der Waals surface area contributed by atoms with Gasteiger partial charge in [0.2, 0.25) is 5.91 Å². The van der Waals surface area contributed by atoms with Crippen molar-refractivity contribution in [1.29, 1.82) is 0 Å². The Morgan fingerprint density at radius 2 is 1.88 bits per heavy atom. The summed E-state index contributed by atoms with van der Waals surface area (Å²) in [7, 11) is 1.64. The molecule has 3 amide bonds. The van der Waals surface area contributed by atoms with Gasteiger partial charge in [0.05, 0.1) is 13.7 Å². The molecular formula is C19H27N3O4. The Morgan fingerprint density at radius 3 is 2.54 bits per heavy atom. The molecule has 2 saturated heterocycles. The smallest absolute Gasteiger partial charge is 0.318 e. The number of urea groups is 1. The first kappa shape index (κ1) is 18.4. The van der Waals surface area contributed by atoms with Crippen LogP contribution < -0.4 is 20.1 Å². The third-order valence-corrected chi connectivity index (χ3v) is 5.03. The minimum atomic E-state index is -0.396. The summed E-state index contributed by atoms with van der Waals surface area (Å²) >= 11 is 0. The fourth-order valence-electron chi connectivity index (χ4n) is 3.34. The van der Waals surface area contributed by atoms with Crippen LogP contribution in [0.2, 0.25) is 0 Å². The molecule has 0 aromatic heterocycles. The molecule has 1 aromatic carbocycles. The van der Waals surface area contributed by atoms with Gasteiger partial charge in [-0.1, -0.05) is 0 Å². The highest BCUT2D eigenvalue weighted by atomic mass is 16.5. The number of hydrogen-bond donors (Lipinski definition) is 2. The number of nitrogens with one attached hydrogen (secondary N) is 2. The van der Waals surface area contributed by atoms with Crippen LogP contribution in [-0.4, -0.2) is 56.2 Å². The molecule has 7 nitrogen and oxygen atoms in total. The fourth-order valence-corrected chi connectivity index (χ4v) is 3.34. The lowest BCUT2D eigenvalue weighted by molar-refractivity contribution is -0.124. The summed E-state index contributed by atoms with van der Waals surface area (Å²) in [5.41, 5.74) is 0. The van der Waals surface area contributed by atoms with E-state index in [1.165, 1.54) is 0 Å². The number of likely N-dealkylation sites (tertiary alicyclic amines) is 1. The lowest BCUT2D eigenvalue weighted by atomic mass is 9.98. The maximum absolute atomic E-state index is 12.3. The molecule has 0 saturated carbocycles. The van der Waals surface area contributed by atoms with Gasteiger partial charge in [0.25, 0.3) is 0 Å². The Bertz CT molecular complexity index is 612. The minimum Gasteiger partial charge on any atom is -0.497 e. The fraction of sp³-hybridized carbons (Fsp3) is 0.579. The molecular weight excluding hydrogens is 334 g/mol. The van der Waals surface area contributed by atoms with Gasteiger partial charge in [-0.2, -0.15) is 0 Å². The molecule has 0 aliphatic carbocycles. The number of ether oxygens (including phenoxy) is 2. The number of hydrogen-bond acceptors (Lipinski definition) is 4. The van der Waals surface area contributed by atoms with Crippen LogP contribution in [0, 0.1) is 5.92 Å². The van der Waals surface area contributed by atoms with Crippen LogP contribution in [0.1, 0.15) is 25.7 Å². The van der Waals surface area contributed by atoms with Crippen molar-refractivity contribution in [2.24, 2.45) is 5.92 Å². The topological polar surface area (TPSA) is 79.9 Å². The second-order valence-electron chi connectivity index (χ2n) is 6.85. The summed E-state index contributed by atoms with van der Waals surface area (Å²) in [4.78, 5) is 25.9. The third-order valence-electron chi connectivity index (χ3n) is 5.03. The van der Waals surface area contributed by atoms with E-state index in [1.807, 2.05) is 24.3 Å². The minimum absolute atomic E-state index is 0.0765. The molecule has 2 fully saturated rings. The van der Waals surface area contributed by atoms with E-state index in [0.717, 1.165) is 30.8 Å². The second kappa shape index (κ2) is 8.78.